The Labute approximate surface area is 61.8 Å². The summed E-state index contributed by atoms with van der Waals surface area (Å²) < 4.78 is 23.6. The van der Waals surface area contributed by atoms with Crippen LogP contribution in [0.5, 0.6) is 0 Å². The van der Waals surface area contributed by atoms with Crippen molar-refractivity contribution in [3.05, 3.63) is 35.6 Å². The van der Waals surface area contributed by atoms with Gasteiger partial charge in [0.05, 0.1) is 0 Å². The molecule has 1 aromatic rings. The molecule has 0 aliphatic rings. The molecule has 0 saturated carbocycles. The molecule has 4 heteroatoms. The highest BCUT2D eigenvalue weighted by Crippen LogP contribution is 2.03. The van der Waals surface area contributed by atoms with Gasteiger partial charge in [-0.2, -0.15) is 0 Å². The van der Waals surface area contributed by atoms with E-state index in [1.54, 1.807) is 0 Å². The third-order valence-electron chi connectivity index (χ3n) is 1.18. The van der Waals surface area contributed by atoms with Gasteiger partial charge >= 0.3 is 0 Å². The van der Waals surface area contributed by atoms with E-state index in [1.807, 2.05) is 0 Å². The molecule has 0 atom stereocenters. The summed E-state index contributed by atoms with van der Waals surface area (Å²) in [6, 6.07) is 4.78. The number of halogens is 2. The van der Waals surface area contributed by atoms with Crippen LogP contribution in [0.25, 0.3) is 0 Å². The molecule has 0 bridgehead atoms. The quantitative estimate of drug-likeness (QED) is 0.491. The molecule has 0 aliphatic heterocycles. The molecule has 0 fully saturated rings. The van der Waals surface area contributed by atoms with E-state index in [0.29, 0.717) is 0 Å². The molecule has 1 aromatic carbocycles. The summed E-state index contributed by atoms with van der Waals surface area (Å²) in [5, 5.41) is 6.83. The van der Waals surface area contributed by atoms with Crippen molar-refractivity contribution < 1.29 is 13.9 Å². The van der Waals surface area contributed by atoms with Crippen LogP contribution in [0.1, 0.15) is 5.56 Å². The fraction of sp³-hybridized carbons (Fsp3) is 0. The van der Waals surface area contributed by atoms with E-state index in [-0.39, 0.29) is 5.56 Å². The topological polar surface area (TPSA) is 33.1 Å². The fourth-order valence-corrected chi connectivity index (χ4v) is 0.646. The van der Waals surface area contributed by atoms with Crippen LogP contribution < -0.4 is 0 Å². The van der Waals surface area contributed by atoms with Crippen LogP contribution in [-0.4, -0.2) is 5.90 Å². The monoisotopic (exact) mass is 157 g/mol. The molecule has 1 N–H and O–H groups in total. The molecule has 0 heterocycles. The first-order valence-corrected chi connectivity index (χ1v) is 2.87. The summed E-state index contributed by atoms with van der Waals surface area (Å²) in [5.41, 5.74) is 0.203. The third kappa shape index (κ3) is 1.73. The highest BCUT2D eigenvalue weighted by Gasteiger charge is 2.01. The summed E-state index contributed by atoms with van der Waals surface area (Å²) in [6.07, 6.45) is 0. The molecule has 0 spiro atoms. The molecule has 0 amide bonds. The Morgan fingerprint density at radius 2 is 1.82 bits per heavy atom. The largest absolute Gasteiger partial charge is 0.274 e. The van der Waals surface area contributed by atoms with Crippen LogP contribution >= 0.6 is 0 Å². The first-order chi connectivity index (χ1) is 5.24. The van der Waals surface area contributed by atoms with E-state index in [4.69, 9.17) is 5.41 Å². The number of benzene rings is 1. The Morgan fingerprint density at radius 3 is 2.27 bits per heavy atom. The van der Waals surface area contributed by atoms with E-state index >= 15 is 0 Å². The Morgan fingerprint density at radius 1 is 1.27 bits per heavy atom. The molecule has 1 rings (SSSR count). The van der Waals surface area contributed by atoms with Crippen molar-refractivity contribution in [3.8, 4) is 0 Å². The zero-order valence-electron chi connectivity index (χ0n) is 5.47. The third-order valence-corrected chi connectivity index (χ3v) is 1.18. The van der Waals surface area contributed by atoms with Crippen molar-refractivity contribution >= 4 is 5.90 Å². The second-order valence-corrected chi connectivity index (χ2v) is 1.91. The molecule has 0 radical (unpaired) electrons. The zero-order valence-corrected chi connectivity index (χ0v) is 5.47. The maximum Gasteiger partial charge on any atom is 0.262 e. The fourth-order valence-electron chi connectivity index (χ4n) is 0.646. The van der Waals surface area contributed by atoms with Crippen molar-refractivity contribution in [1.29, 1.82) is 5.41 Å². The molecule has 0 unspecified atom stereocenters. The lowest BCUT2D eigenvalue weighted by Gasteiger charge is -1.95. The number of hydrogen-bond donors (Lipinski definition) is 1. The van der Waals surface area contributed by atoms with Crippen molar-refractivity contribution in [2.75, 3.05) is 0 Å². The van der Waals surface area contributed by atoms with Gasteiger partial charge in [0.2, 0.25) is 0 Å². The van der Waals surface area contributed by atoms with Gasteiger partial charge in [0.25, 0.3) is 5.90 Å². The van der Waals surface area contributed by atoms with Gasteiger partial charge in [-0.05, 0) is 24.3 Å². The minimum Gasteiger partial charge on any atom is -0.274 e. The number of nitrogens with one attached hydrogen (secondary N) is 1. The Kier molecular flexibility index (Phi) is 2.15. The molecule has 0 saturated heterocycles. The molecule has 0 aliphatic carbocycles. The van der Waals surface area contributed by atoms with Gasteiger partial charge in [0.15, 0.2) is 0 Å². The van der Waals surface area contributed by atoms with Crippen molar-refractivity contribution in [3.63, 3.8) is 0 Å². The summed E-state index contributed by atoms with van der Waals surface area (Å²) in [6.45, 7) is 0. The van der Waals surface area contributed by atoms with Gasteiger partial charge in [-0.1, -0.05) is 0 Å². The molecular weight excluding hydrogens is 152 g/mol. The maximum absolute atomic E-state index is 12.2. The summed E-state index contributed by atoms with van der Waals surface area (Å²) >= 11 is 0. The van der Waals surface area contributed by atoms with Gasteiger partial charge in [-0.25, -0.2) is 4.39 Å². The van der Waals surface area contributed by atoms with Crippen LogP contribution in [0.2, 0.25) is 0 Å². The number of rotatable bonds is 1. The van der Waals surface area contributed by atoms with E-state index in [1.165, 1.54) is 12.1 Å². The van der Waals surface area contributed by atoms with Crippen molar-refractivity contribution in [1.82, 2.24) is 0 Å². The van der Waals surface area contributed by atoms with E-state index < -0.39 is 11.7 Å². The Bertz CT molecular complexity index is 258. The predicted octanol–water partition coefficient (Wildman–Crippen LogP) is 2.05. The van der Waals surface area contributed by atoms with Gasteiger partial charge < -0.3 is 0 Å². The maximum atomic E-state index is 12.2. The van der Waals surface area contributed by atoms with E-state index in [0.717, 1.165) is 12.1 Å². The summed E-state index contributed by atoms with van der Waals surface area (Å²) in [4.78, 5) is 3.14. The smallest absolute Gasteiger partial charge is 0.262 e. The minimum absolute atomic E-state index is 0.203. The normalized spacial score (nSPS) is 9.27. The highest BCUT2D eigenvalue weighted by molar-refractivity contribution is 5.90. The Hall–Kier alpha value is -1.45. The van der Waals surface area contributed by atoms with E-state index in [9.17, 15) is 8.92 Å². The second-order valence-electron chi connectivity index (χ2n) is 1.91. The van der Waals surface area contributed by atoms with Gasteiger partial charge in [-0.3, -0.25) is 10.4 Å². The SMILES string of the molecule is N=C(OF)c1ccc(F)cc1. The molecular formula is C7H5F2NO. The summed E-state index contributed by atoms with van der Waals surface area (Å²) in [7, 11) is 0. The Balaban J connectivity index is 2.90. The second kappa shape index (κ2) is 3.09. The van der Waals surface area contributed by atoms with Gasteiger partial charge in [0, 0.05) is 10.1 Å². The predicted molar refractivity (Wildman–Crippen MR) is 35.4 cm³/mol. The molecule has 2 nitrogen and oxygen atoms in total. The first kappa shape index (κ1) is 7.65. The van der Waals surface area contributed by atoms with Crippen molar-refractivity contribution in [2.45, 2.75) is 0 Å². The standard InChI is InChI=1S/C7H5F2NO/c8-6-3-1-5(2-4-6)7(10)11-9/h1-4,10H. The minimum atomic E-state index is -0.620. The van der Waals surface area contributed by atoms with Crippen LogP contribution in [-0.2, 0) is 4.94 Å². The van der Waals surface area contributed by atoms with Crippen LogP contribution in [0.15, 0.2) is 24.3 Å². The number of hydrogen-bond acceptors (Lipinski definition) is 2. The first-order valence-electron chi connectivity index (χ1n) is 2.87. The lowest BCUT2D eigenvalue weighted by molar-refractivity contribution is -0.0239. The molecule has 11 heavy (non-hydrogen) atoms. The van der Waals surface area contributed by atoms with Gasteiger partial charge in [-0.15, -0.1) is 0 Å². The molecule has 58 valence electrons. The van der Waals surface area contributed by atoms with Crippen LogP contribution in [0.3, 0.4) is 0 Å². The van der Waals surface area contributed by atoms with Crippen LogP contribution in [0.4, 0.5) is 8.92 Å². The highest BCUT2D eigenvalue weighted by atomic mass is 19.3. The zero-order chi connectivity index (χ0) is 8.27. The van der Waals surface area contributed by atoms with Crippen LogP contribution in [0, 0.1) is 11.2 Å². The van der Waals surface area contributed by atoms with Crippen molar-refractivity contribution in [2.24, 2.45) is 0 Å². The summed E-state index contributed by atoms with van der Waals surface area (Å²) in [5.74, 6) is -1.05. The lowest BCUT2D eigenvalue weighted by atomic mass is 10.2. The lowest BCUT2D eigenvalue weighted by Crippen LogP contribution is -1.97. The average Bonchev–Trinajstić information content (AvgIpc) is 2.05. The van der Waals surface area contributed by atoms with E-state index in [2.05, 4.69) is 4.94 Å². The average molecular weight is 157 g/mol. The van der Waals surface area contributed by atoms with Gasteiger partial charge in [0.1, 0.15) is 5.82 Å². The molecule has 0 aromatic heterocycles.